The van der Waals surface area contributed by atoms with Gasteiger partial charge < -0.3 is 10.0 Å². The number of fused-ring (bicyclic) bond motifs is 1. The van der Waals surface area contributed by atoms with Gasteiger partial charge in [-0.2, -0.15) is 5.10 Å². The number of hydrogen-bond acceptors (Lipinski definition) is 4. The lowest BCUT2D eigenvalue weighted by atomic mass is 9.99. The van der Waals surface area contributed by atoms with Gasteiger partial charge >= 0.3 is 5.97 Å². The van der Waals surface area contributed by atoms with E-state index in [1.165, 1.54) is 0 Å². The molecular weight excluding hydrogens is 254 g/mol. The maximum Gasteiger partial charge on any atom is 0.308 e. The van der Waals surface area contributed by atoms with Crippen LogP contribution < -0.4 is 4.90 Å². The smallest absolute Gasteiger partial charge is 0.308 e. The number of rotatable bonds is 2. The first kappa shape index (κ1) is 12.8. The summed E-state index contributed by atoms with van der Waals surface area (Å²) in [5.41, 5.74) is 0.895. The summed E-state index contributed by atoms with van der Waals surface area (Å²) in [5.74, 6) is -0.155. The lowest BCUT2D eigenvalue weighted by molar-refractivity contribution is -0.142. The minimum absolute atomic E-state index is 0.120. The molecule has 1 N–H and O–H groups in total. The van der Waals surface area contributed by atoms with Crippen LogP contribution in [0.15, 0.2) is 24.3 Å². The number of hydrogen-bond donors (Lipinski definition) is 1. The van der Waals surface area contributed by atoms with E-state index in [0.717, 1.165) is 22.3 Å². The van der Waals surface area contributed by atoms with Crippen LogP contribution in [0.3, 0.4) is 0 Å². The third-order valence-electron chi connectivity index (χ3n) is 4.08. The van der Waals surface area contributed by atoms with Gasteiger partial charge in [-0.1, -0.05) is 31.2 Å². The molecule has 1 fully saturated rings. The van der Waals surface area contributed by atoms with Gasteiger partial charge in [0.25, 0.3) is 0 Å². The minimum atomic E-state index is -0.732. The predicted octanol–water partition coefficient (Wildman–Crippen LogP) is 2.10. The minimum Gasteiger partial charge on any atom is -0.481 e. The summed E-state index contributed by atoms with van der Waals surface area (Å²) < 4.78 is 0. The molecule has 3 rings (SSSR count). The lowest BCUT2D eigenvalue weighted by Crippen LogP contribution is -2.24. The molecular formula is C15H17N3O2. The van der Waals surface area contributed by atoms with E-state index in [0.29, 0.717) is 13.1 Å². The molecule has 1 aliphatic heterocycles. The molecule has 1 aromatic heterocycles. The second kappa shape index (κ2) is 4.74. The first-order valence-corrected chi connectivity index (χ1v) is 6.77. The molecule has 2 unspecified atom stereocenters. The molecule has 1 aromatic carbocycles. The maximum atomic E-state index is 11.2. The summed E-state index contributed by atoms with van der Waals surface area (Å²) in [5, 5.41) is 19.9. The Kier molecular flexibility index (Phi) is 3.04. The third kappa shape index (κ3) is 1.99. The fourth-order valence-electron chi connectivity index (χ4n) is 2.92. The zero-order valence-corrected chi connectivity index (χ0v) is 11.6. The Balaban J connectivity index is 2.04. The SMILES string of the molecule is Cc1nnc(N2CC(C)C(C(=O)O)C2)c2ccccc12. The van der Waals surface area contributed by atoms with Crippen LogP contribution in [0.5, 0.6) is 0 Å². The molecule has 0 radical (unpaired) electrons. The van der Waals surface area contributed by atoms with Gasteiger partial charge in [0.15, 0.2) is 5.82 Å². The normalized spacial score (nSPS) is 22.4. The largest absolute Gasteiger partial charge is 0.481 e. The molecule has 0 spiro atoms. The van der Waals surface area contributed by atoms with Gasteiger partial charge in [-0.25, -0.2) is 0 Å². The first-order valence-electron chi connectivity index (χ1n) is 6.77. The average Bonchev–Trinajstić information content (AvgIpc) is 2.81. The van der Waals surface area contributed by atoms with Crippen LogP contribution in [-0.4, -0.2) is 34.4 Å². The Morgan fingerprint density at radius 1 is 1.25 bits per heavy atom. The van der Waals surface area contributed by atoms with Crippen molar-refractivity contribution >= 4 is 22.6 Å². The van der Waals surface area contributed by atoms with Crippen LogP contribution in [0.4, 0.5) is 5.82 Å². The van der Waals surface area contributed by atoms with E-state index in [-0.39, 0.29) is 11.8 Å². The highest BCUT2D eigenvalue weighted by molar-refractivity contribution is 5.93. The van der Waals surface area contributed by atoms with Crippen molar-refractivity contribution in [2.75, 3.05) is 18.0 Å². The van der Waals surface area contributed by atoms with Crippen LogP contribution in [0.1, 0.15) is 12.6 Å². The van der Waals surface area contributed by atoms with Crippen molar-refractivity contribution in [2.45, 2.75) is 13.8 Å². The molecule has 1 aliphatic rings. The molecule has 104 valence electrons. The number of aryl methyl sites for hydroxylation is 1. The Labute approximate surface area is 117 Å². The van der Waals surface area contributed by atoms with Crippen molar-refractivity contribution in [3.63, 3.8) is 0 Å². The highest BCUT2D eigenvalue weighted by Gasteiger charge is 2.36. The molecule has 0 saturated carbocycles. The number of aromatic nitrogens is 2. The number of anilines is 1. The van der Waals surface area contributed by atoms with Gasteiger partial charge in [0, 0.05) is 23.9 Å². The molecule has 5 heteroatoms. The van der Waals surface area contributed by atoms with Gasteiger partial charge in [-0.15, -0.1) is 5.10 Å². The van der Waals surface area contributed by atoms with Crippen molar-refractivity contribution in [2.24, 2.45) is 11.8 Å². The second-order valence-corrected chi connectivity index (χ2v) is 5.48. The number of nitrogens with zero attached hydrogens (tertiary/aromatic N) is 3. The molecule has 20 heavy (non-hydrogen) atoms. The molecule has 1 saturated heterocycles. The van der Waals surface area contributed by atoms with Crippen molar-refractivity contribution in [1.82, 2.24) is 10.2 Å². The monoisotopic (exact) mass is 271 g/mol. The van der Waals surface area contributed by atoms with Gasteiger partial charge in [0.1, 0.15) is 0 Å². The standard InChI is InChI=1S/C15H17N3O2/c1-9-7-18(8-13(9)15(19)20)14-12-6-4-3-5-11(12)10(2)16-17-14/h3-6,9,13H,7-8H2,1-2H3,(H,19,20). The molecule has 0 amide bonds. The van der Waals surface area contributed by atoms with Crippen LogP contribution in [0, 0.1) is 18.8 Å². The Bertz CT molecular complexity index is 671. The Morgan fingerprint density at radius 3 is 2.60 bits per heavy atom. The van der Waals surface area contributed by atoms with Gasteiger partial charge in [0.2, 0.25) is 0 Å². The van der Waals surface area contributed by atoms with Gasteiger partial charge in [-0.3, -0.25) is 4.79 Å². The van der Waals surface area contributed by atoms with Crippen molar-refractivity contribution in [3.8, 4) is 0 Å². The summed E-state index contributed by atoms with van der Waals surface area (Å²) >= 11 is 0. The molecule has 2 atom stereocenters. The number of carboxylic acid groups (broad SMARTS) is 1. The summed E-state index contributed by atoms with van der Waals surface area (Å²) in [6, 6.07) is 8.00. The molecule has 2 heterocycles. The third-order valence-corrected chi connectivity index (χ3v) is 4.08. The van der Waals surface area contributed by atoms with Gasteiger partial charge in [0.05, 0.1) is 11.6 Å². The summed E-state index contributed by atoms with van der Waals surface area (Å²) in [7, 11) is 0. The zero-order chi connectivity index (χ0) is 14.3. The summed E-state index contributed by atoms with van der Waals surface area (Å²) in [6.45, 7) is 5.12. The van der Waals surface area contributed by atoms with Crippen molar-refractivity contribution in [1.29, 1.82) is 0 Å². The van der Waals surface area contributed by atoms with Crippen LogP contribution in [0.25, 0.3) is 10.8 Å². The quantitative estimate of drug-likeness (QED) is 0.906. The van der Waals surface area contributed by atoms with Crippen molar-refractivity contribution < 1.29 is 9.90 Å². The van der Waals surface area contributed by atoms with E-state index in [4.69, 9.17) is 0 Å². The zero-order valence-electron chi connectivity index (χ0n) is 11.6. The van der Waals surface area contributed by atoms with Gasteiger partial charge in [-0.05, 0) is 12.8 Å². The van der Waals surface area contributed by atoms with E-state index < -0.39 is 5.97 Å². The van der Waals surface area contributed by atoms with E-state index in [9.17, 15) is 9.90 Å². The Morgan fingerprint density at radius 2 is 1.95 bits per heavy atom. The predicted molar refractivity (Wildman–Crippen MR) is 76.8 cm³/mol. The highest BCUT2D eigenvalue weighted by Crippen LogP contribution is 2.31. The number of benzene rings is 1. The van der Waals surface area contributed by atoms with Crippen LogP contribution in [0.2, 0.25) is 0 Å². The number of carboxylic acids is 1. The Hall–Kier alpha value is -2.17. The van der Waals surface area contributed by atoms with Crippen LogP contribution >= 0.6 is 0 Å². The number of carbonyl (C=O) groups is 1. The van der Waals surface area contributed by atoms with E-state index in [1.54, 1.807) is 0 Å². The first-order chi connectivity index (χ1) is 9.58. The fourth-order valence-corrected chi connectivity index (χ4v) is 2.92. The average molecular weight is 271 g/mol. The number of aliphatic carboxylic acids is 1. The lowest BCUT2D eigenvalue weighted by Gasteiger charge is -2.18. The molecule has 0 bridgehead atoms. The van der Waals surface area contributed by atoms with E-state index >= 15 is 0 Å². The van der Waals surface area contributed by atoms with E-state index in [2.05, 4.69) is 10.2 Å². The molecule has 5 nitrogen and oxygen atoms in total. The molecule has 0 aliphatic carbocycles. The highest BCUT2D eigenvalue weighted by atomic mass is 16.4. The van der Waals surface area contributed by atoms with Crippen molar-refractivity contribution in [3.05, 3.63) is 30.0 Å². The van der Waals surface area contributed by atoms with E-state index in [1.807, 2.05) is 43.0 Å². The summed E-state index contributed by atoms with van der Waals surface area (Å²) in [6.07, 6.45) is 0. The van der Waals surface area contributed by atoms with Crippen LogP contribution in [-0.2, 0) is 4.79 Å². The fraction of sp³-hybridized carbons (Fsp3) is 0.400. The second-order valence-electron chi connectivity index (χ2n) is 5.48. The summed E-state index contributed by atoms with van der Waals surface area (Å²) in [4.78, 5) is 13.3. The molecule has 2 aromatic rings. The maximum absolute atomic E-state index is 11.2. The topological polar surface area (TPSA) is 66.3 Å².